The Bertz CT molecular complexity index is 52.5. The lowest BCUT2D eigenvalue weighted by molar-refractivity contribution is 0.0883. The second-order valence-electron chi connectivity index (χ2n) is 2.15. The Kier molecular flexibility index (Phi) is 3.83. The average Bonchev–Trinajstić information content (AvgIpc) is 1.65. The third kappa shape index (κ3) is 4.09. The van der Waals surface area contributed by atoms with Crippen molar-refractivity contribution in [2.45, 2.75) is 38.9 Å². The van der Waals surface area contributed by atoms with Gasteiger partial charge in [0.1, 0.15) is 0 Å². The molecule has 0 saturated heterocycles. The molecule has 0 aliphatic carbocycles. The van der Waals surface area contributed by atoms with E-state index in [0.717, 1.165) is 6.42 Å². The van der Waals surface area contributed by atoms with Crippen LogP contribution < -0.4 is 0 Å². The lowest BCUT2D eigenvalue weighted by atomic mass is 10.1. The lowest BCUT2D eigenvalue weighted by Gasteiger charge is -2.08. The first-order valence-electron chi connectivity index (χ1n) is 3.03. The number of aliphatic hydroxyl groups excluding tert-OH is 2. The molecular weight excluding hydrogens is 104 g/mol. The maximum atomic E-state index is 8.87. The zero-order valence-electron chi connectivity index (χ0n) is 5.46. The third-order valence-corrected chi connectivity index (χ3v) is 1.08. The predicted octanol–water partition coefficient (Wildman–Crippen LogP) is 0.528. The first-order chi connectivity index (χ1) is 3.66. The van der Waals surface area contributed by atoms with Gasteiger partial charge in [0.05, 0.1) is 12.2 Å². The fourth-order valence-electron chi connectivity index (χ4n) is 0.560. The van der Waals surface area contributed by atoms with Crippen molar-refractivity contribution in [3.63, 3.8) is 0 Å². The van der Waals surface area contributed by atoms with Crippen LogP contribution >= 0.6 is 0 Å². The summed E-state index contributed by atoms with van der Waals surface area (Å²) in [5.41, 5.74) is 0. The average molecular weight is 118 g/mol. The molecule has 0 aromatic heterocycles. The minimum Gasteiger partial charge on any atom is -0.393 e. The van der Waals surface area contributed by atoms with Gasteiger partial charge < -0.3 is 10.2 Å². The van der Waals surface area contributed by atoms with Crippen molar-refractivity contribution >= 4 is 0 Å². The molecule has 2 heteroatoms. The van der Waals surface area contributed by atoms with Crippen molar-refractivity contribution in [2.75, 3.05) is 0 Å². The Morgan fingerprint density at radius 2 is 1.88 bits per heavy atom. The highest BCUT2D eigenvalue weighted by atomic mass is 16.3. The summed E-state index contributed by atoms with van der Waals surface area (Å²) in [4.78, 5) is 0. The molecule has 2 atom stereocenters. The molecule has 0 fully saturated rings. The van der Waals surface area contributed by atoms with Crippen LogP contribution in [0.5, 0.6) is 0 Å². The summed E-state index contributed by atoms with van der Waals surface area (Å²) >= 11 is 0. The van der Waals surface area contributed by atoms with Gasteiger partial charge in [-0.3, -0.25) is 0 Å². The summed E-state index contributed by atoms with van der Waals surface area (Å²) in [6, 6.07) is 0. The zero-order chi connectivity index (χ0) is 6.57. The number of aliphatic hydroxyl groups is 2. The Morgan fingerprint density at radius 1 is 1.38 bits per heavy atom. The standard InChI is InChI=1S/C6H14O2/c1-3-6(8)4-5(2)7/h5-8H,3-4H2,1-2H3/t5-,6+/m1/s1. The molecule has 2 nitrogen and oxygen atoms in total. The van der Waals surface area contributed by atoms with Gasteiger partial charge in [-0.1, -0.05) is 6.92 Å². The summed E-state index contributed by atoms with van der Waals surface area (Å²) in [7, 11) is 0. The van der Waals surface area contributed by atoms with Crippen LogP contribution in [0.3, 0.4) is 0 Å². The van der Waals surface area contributed by atoms with E-state index in [1.165, 1.54) is 0 Å². The van der Waals surface area contributed by atoms with E-state index in [0.29, 0.717) is 6.42 Å². The van der Waals surface area contributed by atoms with E-state index >= 15 is 0 Å². The topological polar surface area (TPSA) is 40.5 Å². The Balaban J connectivity index is 3.10. The van der Waals surface area contributed by atoms with Crippen molar-refractivity contribution < 1.29 is 10.2 Å². The van der Waals surface area contributed by atoms with Gasteiger partial charge in [-0.15, -0.1) is 0 Å². The molecule has 0 amide bonds. The minimum absolute atomic E-state index is 0.324. The van der Waals surface area contributed by atoms with Crippen LogP contribution in [-0.2, 0) is 0 Å². The molecule has 0 aromatic rings. The fourth-order valence-corrected chi connectivity index (χ4v) is 0.560. The maximum Gasteiger partial charge on any atom is 0.0562 e. The smallest absolute Gasteiger partial charge is 0.0562 e. The molecule has 0 rings (SSSR count). The van der Waals surface area contributed by atoms with Gasteiger partial charge in [0.25, 0.3) is 0 Å². The van der Waals surface area contributed by atoms with Crippen molar-refractivity contribution in [2.24, 2.45) is 0 Å². The van der Waals surface area contributed by atoms with Gasteiger partial charge in [0.2, 0.25) is 0 Å². The highest BCUT2D eigenvalue weighted by Gasteiger charge is 2.03. The van der Waals surface area contributed by atoms with E-state index in [2.05, 4.69) is 0 Å². The predicted molar refractivity (Wildman–Crippen MR) is 32.6 cm³/mol. The van der Waals surface area contributed by atoms with Crippen LogP contribution in [0.25, 0.3) is 0 Å². The second kappa shape index (κ2) is 3.87. The molecule has 0 aromatic carbocycles. The van der Waals surface area contributed by atoms with Gasteiger partial charge in [0, 0.05) is 0 Å². The van der Waals surface area contributed by atoms with E-state index in [4.69, 9.17) is 10.2 Å². The molecule has 0 spiro atoms. The molecule has 0 saturated carbocycles. The Hall–Kier alpha value is -0.0800. The molecular formula is C6H14O2. The number of hydrogen-bond donors (Lipinski definition) is 2. The van der Waals surface area contributed by atoms with E-state index in [1.54, 1.807) is 6.92 Å². The van der Waals surface area contributed by atoms with Crippen molar-refractivity contribution in [1.29, 1.82) is 0 Å². The maximum absolute atomic E-state index is 8.87. The van der Waals surface area contributed by atoms with Gasteiger partial charge >= 0.3 is 0 Å². The van der Waals surface area contributed by atoms with Crippen LogP contribution in [0.4, 0.5) is 0 Å². The highest BCUT2D eigenvalue weighted by Crippen LogP contribution is 1.99. The van der Waals surface area contributed by atoms with Crippen LogP contribution in [0.1, 0.15) is 26.7 Å². The molecule has 8 heavy (non-hydrogen) atoms. The fraction of sp³-hybridized carbons (Fsp3) is 1.00. The van der Waals surface area contributed by atoms with Crippen LogP contribution in [-0.4, -0.2) is 22.4 Å². The highest BCUT2D eigenvalue weighted by molar-refractivity contribution is 4.55. The summed E-state index contributed by atoms with van der Waals surface area (Å²) in [6.07, 6.45) is 0.529. The first kappa shape index (κ1) is 7.92. The molecule has 0 heterocycles. The SMILES string of the molecule is CC[C@H](O)C[C@@H](C)O. The normalized spacial score (nSPS) is 18.0. The van der Waals surface area contributed by atoms with Crippen LogP contribution in [0, 0.1) is 0 Å². The first-order valence-corrected chi connectivity index (χ1v) is 3.03. The van der Waals surface area contributed by atoms with E-state index in [1.807, 2.05) is 6.92 Å². The Labute approximate surface area is 50.2 Å². The summed E-state index contributed by atoms with van der Waals surface area (Å²) < 4.78 is 0. The van der Waals surface area contributed by atoms with Gasteiger partial charge in [-0.25, -0.2) is 0 Å². The summed E-state index contributed by atoms with van der Waals surface area (Å²) in [5.74, 6) is 0. The minimum atomic E-state index is -0.370. The van der Waals surface area contributed by atoms with Crippen molar-refractivity contribution in [1.82, 2.24) is 0 Å². The zero-order valence-corrected chi connectivity index (χ0v) is 5.46. The molecule has 50 valence electrons. The molecule has 0 radical (unpaired) electrons. The monoisotopic (exact) mass is 118 g/mol. The summed E-state index contributed by atoms with van der Waals surface area (Å²) in [5, 5.41) is 17.6. The largest absolute Gasteiger partial charge is 0.393 e. The van der Waals surface area contributed by atoms with Crippen molar-refractivity contribution in [3.8, 4) is 0 Å². The molecule has 0 aliphatic heterocycles. The van der Waals surface area contributed by atoms with Crippen molar-refractivity contribution in [3.05, 3.63) is 0 Å². The molecule has 2 N–H and O–H groups in total. The van der Waals surface area contributed by atoms with Gasteiger partial charge in [-0.05, 0) is 19.8 Å². The number of hydrogen-bond acceptors (Lipinski definition) is 2. The molecule has 0 unspecified atom stereocenters. The second-order valence-corrected chi connectivity index (χ2v) is 2.15. The Morgan fingerprint density at radius 3 is 2.00 bits per heavy atom. The van der Waals surface area contributed by atoms with Gasteiger partial charge in [-0.2, -0.15) is 0 Å². The van der Waals surface area contributed by atoms with Crippen LogP contribution in [0.15, 0.2) is 0 Å². The third-order valence-electron chi connectivity index (χ3n) is 1.08. The quantitative estimate of drug-likeness (QED) is 0.567. The molecule has 0 bridgehead atoms. The number of rotatable bonds is 3. The lowest BCUT2D eigenvalue weighted by Crippen LogP contribution is -2.13. The molecule has 0 aliphatic rings. The van der Waals surface area contributed by atoms with Gasteiger partial charge in [0.15, 0.2) is 0 Å². The van der Waals surface area contributed by atoms with Crippen LogP contribution in [0.2, 0.25) is 0 Å². The van der Waals surface area contributed by atoms with E-state index < -0.39 is 0 Å². The van der Waals surface area contributed by atoms with E-state index in [9.17, 15) is 0 Å². The summed E-state index contributed by atoms with van der Waals surface area (Å²) in [6.45, 7) is 3.58. The van der Waals surface area contributed by atoms with E-state index in [-0.39, 0.29) is 12.2 Å².